The highest BCUT2D eigenvalue weighted by Gasteiger charge is 2.33. The van der Waals surface area contributed by atoms with Gasteiger partial charge in [-0.25, -0.2) is 13.4 Å². The predicted octanol–water partition coefficient (Wildman–Crippen LogP) is 2.89. The van der Waals surface area contributed by atoms with Crippen LogP contribution in [-0.4, -0.2) is 23.0 Å². The Hall–Kier alpha value is -1.26. The summed E-state index contributed by atoms with van der Waals surface area (Å²) in [5, 5.41) is 2.86. The highest BCUT2D eigenvalue weighted by Crippen LogP contribution is 2.31. The minimum Gasteiger partial charge on any atom is -0.242 e. The molecule has 0 aromatic carbocycles. The Morgan fingerprint density at radius 2 is 2.00 bits per heavy atom. The summed E-state index contributed by atoms with van der Waals surface area (Å²) in [6.07, 6.45) is -4.65. The lowest BCUT2D eigenvalue weighted by molar-refractivity contribution is -0.137. The molecule has 2 rings (SSSR count). The van der Waals surface area contributed by atoms with E-state index in [0.717, 1.165) is 17.6 Å². The van der Waals surface area contributed by atoms with E-state index in [2.05, 4.69) is 14.6 Å². The number of pyridine rings is 1. The van der Waals surface area contributed by atoms with Gasteiger partial charge in [0.2, 0.25) is 9.84 Å². The lowest BCUT2D eigenvalue weighted by Gasteiger charge is -2.10. The zero-order valence-corrected chi connectivity index (χ0v) is 12.7. The molecule has 11 heteroatoms. The van der Waals surface area contributed by atoms with Gasteiger partial charge in [-0.15, -0.1) is 5.10 Å². The predicted molar refractivity (Wildman–Crippen MR) is 69.8 cm³/mol. The van der Waals surface area contributed by atoms with Crippen LogP contribution >= 0.6 is 23.1 Å². The van der Waals surface area contributed by atoms with Crippen molar-refractivity contribution >= 4 is 33.0 Å². The normalized spacial score (nSPS) is 12.6. The average Bonchev–Trinajstić information content (AvgIpc) is 2.72. The van der Waals surface area contributed by atoms with Crippen LogP contribution in [-0.2, 0) is 21.8 Å². The molecule has 0 fully saturated rings. The minimum absolute atomic E-state index is 0.0152. The minimum atomic E-state index is -4.65. The summed E-state index contributed by atoms with van der Waals surface area (Å²) in [5.74, 6) is -0.657. The van der Waals surface area contributed by atoms with Crippen LogP contribution in [0.2, 0.25) is 4.34 Å². The second-order valence-corrected chi connectivity index (χ2v) is 7.38. The monoisotopic (exact) mass is 357 g/mol. The Labute approximate surface area is 126 Å². The highest BCUT2D eigenvalue weighted by atomic mass is 35.5. The van der Waals surface area contributed by atoms with Gasteiger partial charge in [0.1, 0.15) is 15.8 Å². The van der Waals surface area contributed by atoms with E-state index in [9.17, 15) is 21.6 Å². The molecule has 0 aliphatic carbocycles. The molecule has 0 radical (unpaired) electrons. The van der Waals surface area contributed by atoms with Crippen LogP contribution < -0.4 is 0 Å². The van der Waals surface area contributed by atoms with Crippen molar-refractivity contribution < 1.29 is 21.6 Å². The van der Waals surface area contributed by atoms with Crippen LogP contribution in [0.3, 0.4) is 0 Å². The molecule has 0 unspecified atom stereocenters. The summed E-state index contributed by atoms with van der Waals surface area (Å²) in [6, 6.07) is 1.27. The first-order valence-electron chi connectivity index (χ1n) is 5.35. The lowest BCUT2D eigenvalue weighted by Crippen LogP contribution is -2.12. The Kier molecular flexibility index (Phi) is 4.22. The maximum atomic E-state index is 12.7. The van der Waals surface area contributed by atoms with Crippen LogP contribution in [0.1, 0.15) is 17.0 Å². The van der Waals surface area contributed by atoms with E-state index in [4.69, 9.17) is 11.6 Å². The molecule has 0 amide bonds. The number of hydrogen-bond donors (Lipinski definition) is 0. The molecule has 2 heterocycles. The Morgan fingerprint density at radius 1 is 1.33 bits per heavy atom. The number of aromatic nitrogens is 3. The van der Waals surface area contributed by atoms with Gasteiger partial charge < -0.3 is 0 Å². The molecule has 0 bridgehead atoms. The zero-order valence-electron chi connectivity index (χ0n) is 10.3. The van der Waals surface area contributed by atoms with Gasteiger partial charge in [-0.1, -0.05) is 16.1 Å². The van der Waals surface area contributed by atoms with Gasteiger partial charge in [0, 0.05) is 17.2 Å². The van der Waals surface area contributed by atoms with E-state index < -0.39 is 32.4 Å². The van der Waals surface area contributed by atoms with E-state index in [1.807, 2.05) is 0 Å². The van der Waals surface area contributed by atoms with Crippen molar-refractivity contribution in [3.8, 4) is 0 Å². The van der Waals surface area contributed by atoms with Gasteiger partial charge in [0.05, 0.1) is 5.56 Å². The van der Waals surface area contributed by atoms with E-state index in [1.165, 1.54) is 6.92 Å². The number of hydrogen-bond acceptors (Lipinski definition) is 6. The molecule has 114 valence electrons. The Morgan fingerprint density at radius 3 is 2.52 bits per heavy atom. The highest BCUT2D eigenvalue weighted by molar-refractivity contribution is 7.90. The molecule has 2 aromatic rings. The maximum absolute atomic E-state index is 12.7. The number of aryl methyl sites for hydroxylation is 1. The van der Waals surface area contributed by atoms with Gasteiger partial charge in [-0.2, -0.15) is 13.2 Å². The van der Waals surface area contributed by atoms with Gasteiger partial charge >= 0.3 is 6.18 Å². The molecule has 21 heavy (non-hydrogen) atoms. The summed E-state index contributed by atoms with van der Waals surface area (Å²) in [5.41, 5.74) is -1.14. The summed E-state index contributed by atoms with van der Waals surface area (Å²) >= 11 is 6.49. The number of rotatable bonds is 3. The second-order valence-electron chi connectivity index (χ2n) is 4.09. The fraction of sp³-hybridized carbons (Fsp3) is 0.300. The van der Waals surface area contributed by atoms with E-state index in [1.54, 1.807) is 0 Å². The quantitative estimate of drug-likeness (QED) is 0.844. The molecule has 2 aromatic heterocycles. The molecular formula is C10H7ClF3N3O2S2. The largest absolute Gasteiger partial charge is 0.416 e. The van der Waals surface area contributed by atoms with Crippen molar-refractivity contribution in [3.05, 3.63) is 33.4 Å². The molecule has 0 aliphatic rings. The molecule has 0 saturated heterocycles. The van der Waals surface area contributed by atoms with Crippen LogP contribution in [0, 0.1) is 6.92 Å². The van der Waals surface area contributed by atoms with Crippen LogP contribution in [0.5, 0.6) is 0 Å². The first-order valence-corrected chi connectivity index (χ1v) is 8.15. The number of sulfone groups is 1. The Balaban J connectivity index is 2.45. The first-order chi connectivity index (χ1) is 9.59. The molecule has 0 spiro atoms. The van der Waals surface area contributed by atoms with E-state index in [0.29, 0.717) is 6.07 Å². The summed E-state index contributed by atoms with van der Waals surface area (Å²) in [7, 11) is -4.10. The van der Waals surface area contributed by atoms with Crippen molar-refractivity contribution in [2.24, 2.45) is 0 Å². The molecule has 0 atom stereocenters. The third-order valence-electron chi connectivity index (χ3n) is 2.41. The fourth-order valence-corrected chi connectivity index (χ4v) is 3.59. The smallest absolute Gasteiger partial charge is 0.242 e. The molecule has 5 nitrogen and oxygen atoms in total. The fourth-order valence-electron chi connectivity index (χ4n) is 1.50. The molecule has 0 N–H and O–H groups in total. The number of nitrogens with zero attached hydrogens (tertiary/aromatic N) is 3. The van der Waals surface area contributed by atoms with Crippen molar-refractivity contribution in [1.82, 2.24) is 14.6 Å². The first kappa shape index (κ1) is 16.1. The zero-order chi connectivity index (χ0) is 15.8. The summed E-state index contributed by atoms with van der Waals surface area (Å²) in [6.45, 7) is 1.28. The SMILES string of the molecule is Cc1cc(C(F)(F)F)cc(S(=O)(=O)Cc2nnsc2Cl)n1. The van der Waals surface area contributed by atoms with Gasteiger partial charge in [-0.05, 0) is 19.1 Å². The van der Waals surface area contributed by atoms with E-state index in [-0.39, 0.29) is 15.7 Å². The standard InChI is InChI=1S/C10H7ClF3N3O2S2/c1-5-2-6(10(12,13)14)3-8(15-5)21(18,19)4-7-9(11)20-17-16-7/h2-3H,4H2,1H3. The maximum Gasteiger partial charge on any atom is 0.416 e. The third-order valence-corrected chi connectivity index (χ3v) is 4.90. The van der Waals surface area contributed by atoms with Crippen LogP contribution in [0.25, 0.3) is 0 Å². The lowest BCUT2D eigenvalue weighted by atomic mass is 10.2. The second kappa shape index (κ2) is 5.50. The molecule has 0 aliphatic heterocycles. The van der Waals surface area contributed by atoms with Crippen LogP contribution in [0.4, 0.5) is 13.2 Å². The van der Waals surface area contributed by atoms with Crippen molar-refractivity contribution in [2.75, 3.05) is 0 Å². The van der Waals surface area contributed by atoms with Crippen molar-refractivity contribution in [2.45, 2.75) is 23.9 Å². The van der Waals surface area contributed by atoms with Crippen molar-refractivity contribution in [1.29, 1.82) is 0 Å². The third kappa shape index (κ3) is 3.69. The molecule has 0 saturated carbocycles. The Bertz CT molecular complexity index is 774. The average molecular weight is 358 g/mol. The number of halogens is 4. The van der Waals surface area contributed by atoms with Gasteiger partial charge in [0.25, 0.3) is 0 Å². The topological polar surface area (TPSA) is 72.8 Å². The summed E-state index contributed by atoms with van der Waals surface area (Å²) in [4.78, 5) is 3.65. The van der Waals surface area contributed by atoms with Crippen molar-refractivity contribution in [3.63, 3.8) is 0 Å². The number of alkyl halides is 3. The summed E-state index contributed by atoms with van der Waals surface area (Å²) < 4.78 is 65.9. The van der Waals surface area contributed by atoms with Crippen LogP contribution in [0.15, 0.2) is 17.2 Å². The van der Waals surface area contributed by atoms with E-state index >= 15 is 0 Å². The van der Waals surface area contributed by atoms with Gasteiger partial charge in [0.15, 0.2) is 5.03 Å². The van der Waals surface area contributed by atoms with Gasteiger partial charge in [-0.3, -0.25) is 0 Å². The molecular weight excluding hydrogens is 351 g/mol.